The van der Waals surface area contributed by atoms with Gasteiger partial charge in [-0.25, -0.2) is 0 Å². The third-order valence-electron chi connectivity index (χ3n) is 0. The molecule has 0 fully saturated rings. The number of rotatable bonds is 0. The zero-order valence-corrected chi connectivity index (χ0v) is 25.5. The van der Waals surface area contributed by atoms with Crippen LogP contribution in [0.2, 0.25) is 0 Å². The number of hydrogen-bond acceptors (Lipinski definition) is 0. The molecule has 0 heterocycles. The zero-order valence-electron chi connectivity index (χ0n) is 5.60. The Labute approximate surface area is 232 Å². The Morgan fingerprint density at radius 3 is 0.500 bits per heavy atom. The fourth-order valence-electron chi connectivity index (χ4n) is 0. The summed E-state index contributed by atoms with van der Waals surface area (Å²) in [7, 11) is 0. The van der Waals surface area contributed by atoms with Gasteiger partial charge in [0, 0.05) is 0 Å². The molecule has 0 saturated heterocycles. The summed E-state index contributed by atoms with van der Waals surface area (Å²) in [5, 5.41) is 0. The Bertz CT molecular complexity index is 71.6. The second-order valence-electron chi connectivity index (χ2n) is 0.714. The van der Waals surface area contributed by atoms with Gasteiger partial charge >= 0.3 is 241 Å². The Morgan fingerprint density at radius 1 is 0.500 bits per heavy atom. The predicted molar refractivity (Wildman–Crippen MR) is 6.65 cm³/mol. The van der Waals surface area contributed by atoms with E-state index in [1.807, 2.05) is 0 Å². The first-order valence-corrected chi connectivity index (χ1v) is 3.12. The van der Waals surface area contributed by atoms with E-state index in [0.717, 1.165) is 0 Å². The summed E-state index contributed by atoms with van der Waals surface area (Å²) < 4.78 is 59.2. The minimum absolute atomic E-state index is 0. The topological polar surface area (TPSA) is 0 Å². The summed E-state index contributed by atoms with van der Waals surface area (Å²) in [5.74, 6) is 0. The van der Waals surface area contributed by atoms with Gasteiger partial charge in [-0.1, -0.05) is 0 Å². The standard InChI is InChI=1S/Co.3Cs.6FH/h;;;;6*1H/q+3;3*+1;;;;;;/p-6. The molecule has 0 aliphatic carbocycles. The number of hydrogen-bond donors (Lipinski definition) is 0. The molecule has 0 aliphatic rings. The van der Waals surface area contributed by atoms with Gasteiger partial charge in [0.05, 0.1) is 0 Å². The van der Waals surface area contributed by atoms with Crippen LogP contribution in [-0.2, 0) is 13.2 Å². The third-order valence-corrected chi connectivity index (χ3v) is 0. The molecule has 0 bridgehead atoms. The fraction of sp³-hybridized carbons (Fsp3) is 0. The summed E-state index contributed by atoms with van der Waals surface area (Å²) in [6, 6.07) is 0. The molecule has 0 nitrogen and oxygen atoms in total. The second kappa shape index (κ2) is 6.85. The van der Waals surface area contributed by atoms with Gasteiger partial charge in [-0.05, 0) is 0 Å². The van der Waals surface area contributed by atoms with Crippen molar-refractivity contribution in [2.75, 3.05) is 0 Å². The summed E-state index contributed by atoms with van der Waals surface area (Å²) in [5.41, 5.74) is 0. The van der Waals surface area contributed by atoms with E-state index in [-0.39, 0.29) is 207 Å². The normalized spacial score (nSPS) is 16.2. The summed E-state index contributed by atoms with van der Waals surface area (Å²) in [6.45, 7) is 0. The molecular weight excluding hydrogens is 572 g/mol. The monoisotopic (exact) mass is 572 g/mol. The molecule has 54 valence electrons. The molecule has 0 saturated carbocycles. The summed E-state index contributed by atoms with van der Waals surface area (Å²) in [4.78, 5) is 0. The molecule has 0 spiro atoms. The fourth-order valence-corrected chi connectivity index (χ4v) is 0. The van der Waals surface area contributed by atoms with Crippen molar-refractivity contribution in [1.82, 2.24) is 0 Å². The molecule has 10 heteroatoms. The van der Waals surface area contributed by atoms with Crippen molar-refractivity contribution in [1.29, 1.82) is 0 Å². The van der Waals surface area contributed by atoms with E-state index in [1.54, 1.807) is 0 Å². The molecule has 0 aromatic carbocycles. The van der Waals surface area contributed by atoms with Crippen molar-refractivity contribution in [2.45, 2.75) is 0 Å². The average molecular weight is 572 g/mol. The first-order valence-electron chi connectivity index (χ1n) is 0.756. The molecule has 0 atom stereocenters. The predicted octanol–water partition coefficient (Wildman–Crippen LogP) is -6.47. The van der Waals surface area contributed by atoms with Crippen LogP contribution in [0.15, 0.2) is 0 Å². The SMILES string of the molecule is [Cs+].[Cs+].[Cs+].[F][Co-3]([F])([F])([F])([F])[F]. The van der Waals surface area contributed by atoms with Gasteiger partial charge in [0.2, 0.25) is 0 Å². The molecule has 0 N–H and O–H groups in total. The molecule has 0 aliphatic heterocycles. The van der Waals surface area contributed by atoms with Crippen LogP contribution in [0.1, 0.15) is 0 Å². The summed E-state index contributed by atoms with van der Waals surface area (Å²) in [6.07, 6.45) is 0. The van der Waals surface area contributed by atoms with Crippen molar-refractivity contribution in [3.8, 4) is 0 Å². The maximum absolute atomic E-state index is 10.6. The first kappa shape index (κ1) is 25.2. The molecule has 0 rings (SSSR count). The molecule has 0 unspecified atom stereocenters. The van der Waals surface area contributed by atoms with Gasteiger partial charge in [-0.3, -0.25) is 0 Å². The molecule has 0 aromatic heterocycles. The van der Waals surface area contributed by atoms with E-state index in [4.69, 9.17) is 0 Å². The van der Waals surface area contributed by atoms with Gasteiger partial charge in [-0.15, -0.1) is 0 Å². The maximum atomic E-state index is 9.86. The quantitative estimate of drug-likeness (QED) is 0.254. The van der Waals surface area contributed by atoms with Crippen LogP contribution >= 0.6 is 0 Å². The van der Waals surface area contributed by atoms with E-state index in [0.29, 0.717) is 0 Å². The Morgan fingerprint density at radius 2 is 0.500 bits per heavy atom. The van der Waals surface area contributed by atoms with Crippen LogP contribution in [0, 0.1) is 0 Å². The van der Waals surface area contributed by atoms with E-state index in [2.05, 4.69) is 0 Å². The van der Waals surface area contributed by atoms with Crippen LogP contribution < -0.4 is 207 Å². The van der Waals surface area contributed by atoms with Crippen molar-refractivity contribution < 1.29 is 241 Å². The average Bonchev–Trinajstić information content (AvgIpc) is 0.592. The van der Waals surface area contributed by atoms with Crippen LogP contribution in [0.4, 0.5) is 21.5 Å². The van der Waals surface area contributed by atoms with Gasteiger partial charge in [0.1, 0.15) is 0 Å². The third kappa shape index (κ3) is 64.1. The molecule has 10 heavy (non-hydrogen) atoms. The molecule has 0 aromatic rings. The van der Waals surface area contributed by atoms with Crippen LogP contribution in [-0.4, -0.2) is 0 Å². The Balaban J connectivity index is -0.0000000600. The minimum atomic E-state index is -10.6. The van der Waals surface area contributed by atoms with E-state index in [9.17, 15) is 21.5 Å². The first-order chi connectivity index (χ1) is 2.45. The van der Waals surface area contributed by atoms with Gasteiger partial charge in [0.15, 0.2) is 0 Å². The number of halogens is 6. The van der Waals surface area contributed by atoms with E-state index >= 15 is 0 Å². The molecule has 0 radical (unpaired) electrons. The Kier molecular flexibility index (Phi) is 17.3. The van der Waals surface area contributed by atoms with Crippen molar-refractivity contribution >= 4 is 0 Å². The summed E-state index contributed by atoms with van der Waals surface area (Å²) >= 11 is -10.6. The molecular formula is CoCs3F6. The van der Waals surface area contributed by atoms with Crippen LogP contribution in [0.25, 0.3) is 0 Å². The van der Waals surface area contributed by atoms with E-state index < -0.39 is 13.2 Å². The van der Waals surface area contributed by atoms with Crippen LogP contribution in [0.3, 0.4) is 0 Å². The van der Waals surface area contributed by atoms with Crippen molar-refractivity contribution in [3.63, 3.8) is 0 Å². The van der Waals surface area contributed by atoms with E-state index in [1.165, 1.54) is 0 Å². The van der Waals surface area contributed by atoms with Crippen molar-refractivity contribution in [2.24, 2.45) is 0 Å². The van der Waals surface area contributed by atoms with Gasteiger partial charge in [0.25, 0.3) is 0 Å². The Hall–Kier alpha value is 6.24. The van der Waals surface area contributed by atoms with Gasteiger partial charge in [-0.2, -0.15) is 0 Å². The zero-order chi connectivity index (χ0) is 6.41. The van der Waals surface area contributed by atoms with Gasteiger partial charge < -0.3 is 0 Å². The van der Waals surface area contributed by atoms with Crippen molar-refractivity contribution in [3.05, 3.63) is 0 Å². The van der Waals surface area contributed by atoms with Crippen LogP contribution in [0.5, 0.6) is 0 Å². The second-order valence-corrected chi connectivity index (χ2v) is 2.95. The molecule has 0 amide bonds.